The standard InChI is InChI=1S/C22H27N3O6/c1-26-15-7-13(8-16(27-2)21(15)30-5)11-19-23-20(25-24-19)12-14-9-17(28-3)22(31-6)18(10-14)29-4/h7-10H,11-12H2,1-6H3,(H,23,24,25). The Kier molecular flexibility index (Phi) is 7.07. The molecule has 3 aromatic rings. The number of nitrogens with one attached hydrogen (secondary N) is 1. The molecular weight excluding hydrogens is 402 g/mol. The molecule has 1 aromatic heterocycles. The number of ether oxygens (including phenoxy) is 6. The average Bonchev–Trinajstić information content (AvgIpc) is 3.23. The molecule has 0 radical (unpaired) electrons. The van der Waals surface area contributed by atoms with Crippen molar-refractivity contribution in [1.29, 1.82) is 0 Å². The van der Waals surface area contributed by atoms with Gasteiger partial charge in [-0.2, -0.15) is 5.10 Å². The molecule has 1 N–H and O–H groups in total. The summed E-state index contributed by atoms with van der Waals surface area (Å²) in [5, 5.41) is 7.34. The molecular formula is C22H27N3O6. The largest absolute Gasteiger partial charge is 0.493 e. The van der Waals surface area contributed by atoms with Gasteiger partial charge in [-0.05, 0) is 35.4 Å². The number of nitrogens with zero attached hydrogens (tertiary/aromatic N) is 2. The molecule has 0 unspecified atom stereocenters. The van der Waals surface area contributed by atoms with Crippen LogP contribution in [0.15, 0.2) is 24.3 Å². The Balaban J connectivity index is 1.82. The zero-order valence-corrected chi connectivity index (χ0v) is 18.6. The highest BCUT2D eigenvalue weighted by molar-refractivity contribution is 5.55. The third-order valence-electron chi connectivity index (χ3n) is 4.76. The molecule has 9 heteroatoms. The van der Waals surface area contributed by atoms with Crippen molar-refractivity contribution in [3.8, 4) is 34.5 Å². The topological polar surface area (TPSA) is 97.0 Å². The highest BCUT2D eigenvalue weighted by Gasteiger charge is 2.16. The number of benzene rings is 2. The Morgan fingerprint density at radius 1 is 0.613 bits per heavy atom. The minimum absolute atomic E-state index is 0.502. The Morgan fingerprint density at radius 3 is 1.42 bits per heavy atom. The fourth-order valence-electron chi connectivity index (χ4n) is 3.34. The van der Waals surface area contributed by atoms with Crippen LogP contribution < -0.4 is 28.4 Å². The molecule has 0 aliphatic heterocycles. The lowest BCUT2D eigenvalue weighted by atomic mass is 10.1. The second-order valence-electron chi connectivity index (χ2n) is 6.62. The zero-order chi connectivity index (χ0) is 22.4. The van der Waals surface area contributed by atoms with Gasteiger partial charge in [-0.15, -0.1) is 0 Å². The predicted molar refractivity (Wildman–Crippen MR) is 114 cm³/mol. The van der Waals surface area contributed by atoms with Crippen LogP contribution in [0.1, 0.15) is 22.8 Å². The van der Waals surface area contributed by atoms with Crippen molar-refractivity contribution in [3.63, 3.8) is 0 Å². The number of methoxy groups -OCH3 is 6. The molecule has 0 spiro atoms. The minimum Gasteiger partial charge on any atom is -0.493 e. The third kappa shape index (κ3) is 4.76. The molecule has 0 saturated carbocycles. The Morgan fingerprint density at radius 2 is 1.03 bits per heavy atom. The first-order chi connectivity index (χ1) is 15.1. The van der Waals surface area contributed by atoms with Gasteiger partial charge >= 0.3 is 0 Å². The Bertz CT molecular complexity index is 904. The summed E-state index contributed by atoms with van der Waals surface area (Å²) in [5.74, 6) is 4.83. The van der Waals surface area contributed by atoms with Crippen LogP contribution in [-0.4, -0.2) is 57.8 Å². The summed E-state index contributed by atoms with van der Waals surface area (Å²) in [5.41, 5.74) is 1.89. The predicted octanol–water partition coefficient (Wildman–Crippen LogP) is 3.04. The van der Waals surface area contributed by atoms with E-state index in [9.17, 15) is 0 Å². The number of H-pyrrole nitrogens is 1. The summed E-state index contributed by atoms with van der Waals surface area (Å²) < 4.78 is 32.4. The van der Waals surface area contributed by atoms with Crippen molar-refractivity contribution in [2.45, 2.75) is 12.8 Å². The van der Waals surface area contributed by atoms with E-state index in [1.54, 1.807) is 42.7 Å². The summed E-state index contributed by atoms with van der Waals surface area (Å²) >= 11 is 0. The second kappa shape index (κ2) is 9.92. The van der Waals surface area contributed by atoms with Crippen LogP contribution in [0.4, 0.5) is 0 Å². The lowest BCUT2D eigenvalue weighted by molar-refractivity contribution is 0.324. The summed E-state index contributed by atoms with van der Waals surface area (Å²) in [4.78, 5) is 4.62. The third-order valence-corrected chi connectivity index (χ3v) is 4.76. The van der Waals surface area contributed by atoms with Gasteiger partial charge in [-0.25, -0.2) is 4.98 Å². The van der Waals surface area contributed by atoms with Crippen LogP contribution in [0.2, 0.25) is 0 Å². The fraction of sp³-hybridized carbons (Fsp3) is 0.364. The number of hydrogen-bond acceptors (Lipinski definition) is 8. The molecule has 3 rings (SSSR count). The van der Waals surface area contributed by atoms with Crippen LogP contribution in [0.25, 0.3) is 0 Å². The molecule has 0 atom stereocenters. The van der Waals surface area contributed by atoms with E-state index in [1.165, 1.54) is 0 Å². The number of rotatable bonds is 10. The molecule has 1 heterocycles. The highest BCUT2D eigenvalue weighted by Crippen LogP contribution is 2.39. The average molecular weight is 429 g/mol. The van der Waals surface area contributed by atoms with E-state index < -0.39 is 0 Å². The van der Waals surface area contributed by atoms with Gasteiger partial charge in [0, 0.05) is 12.8 Å². The molecule has 31 heavy (non-hydrogen) atoms. The molecule has 2 aromatic carbocycles. The maximum atomic E-state index is 5.42. The van der Waals surface area contributed by atoms with E-state index in [-0.39, 0.29) is 0 Å². The molecule has 0 amide bonds. The van der Waals surface area contributed by atoms with Crippen LogP contribution in [0.5, 0.6) is 34.5 Å². The van der Waals surface area contributed by atoms with Crippen molar-refractivity contribution >= 4 is 0 Å². The van der Waals surface area contributed by atoms with E-state index >= 15 is 0 Å². The second-order valence-corrected chi connectivity index (χ2v) is 6.62. The van der Waals surface area contributed by atoms with Gasteiger partial charge in [0.05, 0.1) is 42.7 Å². The summed E-state index contributed by atoms with van der Waals surface area (Å²) in [7, 11) is 9.50. The van der Waals surface area contributed by atoms with Crippen LogP contribution >= 0.6 is 0 Å². The molecule has 9 nitrogen and oxygen atoms in total. The van der Waals surface area contributed by atoms with Crippen LogP contribution in [0, 0.1) is 0 Å². The van der Waals surface area contributed by atoms with Crippen LogP contribution in [-0.2, 0) is 12.8 Å². The number of hydrogen-bond donors (Lipinski definition) is 1. The van der Waals surface area contributed by atoms with E-state index in [0.29, 0.717) is 53.2 Å². The Hall–Kier alpha value is -3.62. The van der Waals surface area contributed by atoms with E-state index in [1.807, 2.05) is 24.3 Å². The van der Waals surface area contributed by atoms with Crippen LogP contribution in [0.3, 0.4) is 0 Å². The first-order valence-electron chi connectivity index (χ1n) is 9.54. The summed E-state index contributed by atoms with van der Waals surface area (Å²) in [6, 6.07) is 7.55. The van der Waals surface area contributed by atoms with Gasteiger partial charge < -0.3 is 28.4 Å². The monoisotopic (exact) mass is 429 g/mol. The smallest absolute Gasteiger partial charge is 0.203 e. The maximum absolute atomic E-state index is 5.42. The van der Waals surface area contributed by atoms with Gasteiger partial charge in [0.2, 0.25) is 11.5 Å². The SMILES string of the molecule is COc1cc(Cc2n[nH]c(Cc3cc(OC)c(OC)c(OC)c3)n2)cc(OC)c1OC. The highest BCUT2D eigenvalue weighted by atomic mass is 16.5. The van der Waals surface area contributed by atoms with E-state index in [4.69, 9.17) is 28.4 Å². The quantitative estimate of drug-likeness (QED) is 0.525. The Labute approximate surface area is 181 Å². The molecule has 0 fully saturated rings. The normalized spacial score (nSPS) is 10.5. The van der Waals surface area contributed by atoms with Gasteiger partial charge in [0.25, 0.3) is 0 Å². The van der Waals surface area contributed by atoms with Gasteiger partial charge in [-0.1, -0.05) is 0 Å². The maximum Gasteiger partial charge on any atom is 0.203 e. The first-order valence-corrected chi connectivity index (χ1v) is 9.54. The molecule has 0 bridgehead atoms. The molecule has 0 aliphatic rings. The van der Waals surface area contributed by atoms with Crippen molar-refractivity contribution < 1.29 is 28.4 Å². The lowest BCUT2D eigenvalue weighted by Gasteiger charge is -2.13. The fourth-order valence-corrected chi connectivity index (χ4v) is 3.34. The van der Waals surface area contributed by atoms with Gasteiger partial charge in [0.15, 0.2) is 28.8 Å². The van der Waals surface area contributed by atoms with Gasteiger partial charge in [0.1, 0.15) is 5.82 Å². The van der Waals surface area contributed by atoms with Crippen molar-refractivity contribution in [1.82, 2.24) is 15.2 Å². The first kappa shape index (κ1) is 22.1. The van der Waals surface area contributed by atoms with E-state index in [0.717, 1.165) is 17.0 Å². The molecule has 166 valence electrons. The van der Waals surface area contributed by atoms with Gasteiger partial charge in [-0.3, -0.25) is 5.10 Å². The number of aromatic amines is 1. The molecule has 0 saturated heterocycles. The van der Waals surface area contributed by atoms with Crippen molar-refractivity contribution in [2.75, 3.05) is 42.7 Å². The lowest BCUT2D eigenvalue weighted by Crippen LogP contribution is -1.99. The molecule has 0 aliphatic carbocycles. The zero-order valence-electron chi connectivity index (χ0n) is 18.6. The summed E-state index contributed by atoms with van der Waals surface area (Å²) in [6.07, 6.45) is 1.03. The number of aromatic nitrogens is 3. The van der Waals surface area contributed by atoms with Crippen molar-refractivity contribution in [3.05, 3.63) is 47.0 Å². The van der Waals surface area contributed by atoms with Crippen molar-refractivity contribution in [2.24, 2.45) is 0 Å². The minimum atomic E-state index is 0.502. The van der Waals surface area contributed by atoms with E-state index in [2.05, 4.69) is 15.2 Å². The summed E-state index contributed by atoms with van der Waals surface area (Å²) in [6.45, 7) is 0.